The maximum absolute atomic E-state index is 14.1. The fraction of sp³-hybridized carbons (Fsp3) is 0.529. The Morgan fingerprint density at radius 1 is 1.10 bits per heavy atom. The molecule has 1 unspecified atom stereocenters. The number of carbonyl (C=O) groups excluding carboxylic acids is 1. The van der Waals surface area contributed by atoms with Gasteiger partial charge in [-0.25, -0.2) is 0 Å². The molecule has 5 aliphatic heterocycles. The van der Waals surface area contributed by atoms with E-state index in [1.807, 2.05) is 37.4 Å². The third kappa shape index (κ3) is 8.16. The monoisotopic (exact) mass is 841 g/mol. The molecule has 7 aliphatic rings. The van der Waals surface area contributed by atoms with Crippen LogP contribution in [0, 0.1) is 53.0 Å². The topological polar surface area (TPSA) is 171 Å². The first kappa shape index (κ1) is 42.6. The number of nitrogens with one attached hydrogen (secondary N) is 2. The number of ether oxygens (including phenoxy) is 2. The first-order valence-electron chi connectivity index (χ1n) is 23.0. The number of phenolic OH excluding ortho intramolecular Hbond substituents is 1. The molecule has 0 radical (unpaired) electrons. The van der Waals surface area contributed by atoms with E-state index in [1.54, 1.807) is 6.07 Å². The van der Waals surface area contributed by atoms with E-state index in [-0.39, 0.29) is 42.2 Å². The highest BCUT2D eigenvalue weighted by Crippen LogP contribution is 2.47. The Morgan fingerprint density at radius 3 is 2.73 bits per heavy atom. The van der Waals surface area contributed by atoms with E-state index in [2.05, 4.69) is 42.3 Å². The summed E-state index contributed by atoms with van der Waals surface area (Å²) in [6.45, 7) is 5.46. The summed E-state index contributed by atoms with van der Waals surface area (Å²) in [6.07, 6.45) is 16.4. The van der Waals surface area contributed by atoms with Gasteiger partial charge in [0.05, 0.1) is 29.4 Å². The molecule has 11 nitrogen and oxygen atoms in total. The first-order chi connectivity index (χ1) is 30.0. The fourth-order valence-corrected chi connectivity index (χ4v) is 11.1. The molecule has 326 valence electrons. The maximum Gasteiger partial charge on any atom is 0.252 e. The molecule has 1 saturated carbocycles. The van der Waals surface area contributed by atoms with E-state index in [1.165, 1.54) is 6.07 Å². The van der Waals surface area contributed by atoms with E-state index >= 15 is 0 Å². The number of hydrogen-bond donors (Lipinski definition) is 7. The van der Waals surface area contributed by atoms with Crippen LogP contribution < -0.4 is 25.4 Å². The number of fused-ring (bicyclic) bond motifs is 8. The van der Waals surface area contributed by atoms with Crippen molar-refractivity contribution in [2.24, 2.45) is 39.8 Å². The van der Waals surface area contributed by atoms with Crippen molar-refractivity contribution in [3.05, 3.63) is 87.8 Å². The highest BCUT2D eigenvalue weighted by molar-refractivity contribution is 6.08. The van der Waals surface area contributed by atoms with E-state index in [9.17, 15) is 25.2 Å². The van der Waals surface area contributed by atoms with Crippen molar-refractivity contribution in [1.82, 2.24) is 5.32 Å². The number of hydrogen-bond acceptors (Lipinski definition) is 10. The second-order valence-corrected chi connectivity index (χ2v) is 18.7. The van der Waals surface area contributed by atoms with Gasteiger partial charge in [-0.1, -0.05) is 88.0 Å². The zero-order chi connectivity index (χ0) is 43.1. The van der Waals surface area contributed by atoms with E-state index in [0.717, 1.165) is 102 Å². The summed E-state index contributed by atoms with van der Waals surface area (Å²) >= 11 is 0. The summed E-state index contributed by atoms with van der Waals surface area (Å²) in [5, 5.41) is 49.3. The van der Waals surface area contributed by atoms with Gasteiger partial charge >= 0.3 is 0 Å². The van der Waals surface area contributed by atoms with Gasteiger partial charge in [-0.05, 0) is 83.9 Å². The Bertz CT molecular complexity index is 2340. The summed E-state index contributed by atoms with van der Waals surface area (Å²) < 4.78 is 13.3. The zero-order valence-corrected chi connectivity index (χ0v) is 36.0. The first-order valence-corrected chi connectivity index (χ1v) is 23.0. The van der Waals surface area contributed by atoms with Crippen LogP contribution >= 0.6 is 0 Å². The molecule has 0 aromatic heterocycles. The van der Waals surface area contributed by atoms with Gasteiger partial charge in [0.25, 0.3) is 6.23 Å². The molecule has 2 aromatic rings. The summed E-state index contributed by atoms with van der Waals surface area (Å²) in [5.41, 5.74) is 13.6. The lowest BCUT2D eigenvalue weighted by molar-refractivity contribution is -0.888. The van der Waals surface area contributed by atoms with Crippen LogP contribution in [0.1, 0.15) is 118 Å². The number of aliphatic imine (C=N–C) groups is 1. The van der Waals surface area contributed by atoms with Gasteiger partial charge in [0, 0.05) is 43.5 Å². The molecule has 5 heterocycles. The number of Topliss-reactive ketones (excluding diaryl/α,β-unsaturated/α-hetero) is 1. The van der Waals surface area contributed by atoms with Crippen LogP contribution in [-0.4, -0.2) is 63.4 Å². The van der Waals surface area contributed by atoms with Crippen molar-refractivity contribution >= 4 is 11.5 Å². The number of allylic oxidation sites excluding steroid dienone is 2. The predicted octanol–water partition coefficient (Wildman–Crippen LogP) is 4.78. The summed E-state index contributed by atoms with van der Waals surface area (Å²) in [4.78, 5) is 20.0. The van der Waals surface area contributed by atoms with Crippen molar-refractivity contribution in [1.29, 1.82) is 0 Å². The van der Waals surface area contributed by atoms with Crippen LogP contribution in [0.15, 0.2) is 65.0 Å². The summed E-state index contributed by atoms with van der Waals surface area (Å²) in [6, 6.07) is 7.26. The summed E-state index contributed by atoms with van der Waals surface area (Å²) in [5.74, 6) is 9.52. The van der Waals surface area contributed by atoms with Crippen LogP contribution in [-0.2, 0) is 24.1 Å². The van der Waals surface area contributed by atoms with E-state index in [4.69, 9.17) is 20.2 Å². The molecule has 9 rings (SSSR count). The van der Waals surface area contributed by atoms with Crippen LogP contribution in [0.5, 0.6) is 17.2 Å². The average molecular weight is 842 g/mol. The molecule has 1 fully saturated rings. The molecule has 1 spiro atoms. The molecule has 62 heavy (non-hydrogen) atoms. The molecule has 0 amide bonds. The molecule has 2 aromatic carbocycles. The number of aliphatic hydroxyl groups excluding tert-OH is 3. The minimum atomic E-state index is -1.06. The minimum absolute atomic E-state index is 0.0375. The summed E-state index contributed by atoms with van der Waals surface area (Å²) in [7, 11) is 0. The Labute approximate surface area is 365 Å². The lowest BCUT2D eigenvalue weighted by Gasteiger charge is -2.36. The van der Waals surface area contributed by atoms with E-state index < -0.39 is 47.7 Å². The van der Waals surface area contributed by atoms with Gasteiger partial charge in [-0.2, -0.15) is 0 Å². The lowest BCUT2D eigenvalue weighted by Crippen LogP contribution is -3.13. The van der Waals surface area contributed by atoms with Crippen molar-refractivity contribution in [3.8, 4) is 41.1 Å². The SMILES string of the molecule is CCCCC[C@H](C(=O)CCc1cc2c(cc1O)OC#CC1(CCCC1)[C@@H]1C#C[C@H](O)c3ccc4c(c3CC3=CN=C5C[NH+](C=C35)[C@H]1O2)CCN[C@H]4N)[C@H](O)[C@H]1C=C[C@@H](C)C[C@@H]1O. The van der Waals surface area contributed by atoms with Gasteiger partial charge < -0.3 is 35.6 Å². The largest absolute Gasteiger partial charge is 0.508 e. The number of aromatic hydroxyl groups is 1. The standard InChI is InChI=1S/C51H60N4O7/c1-3-4-5-8-36(48(60)37-11-9-30(2)23-45(37)59)43(57)15-10-31-25-47-46(26-44(31)58)61-22-20-51(18-6-7-19-51)40-14-16-42(56)34-12-13-35-33(17-21-53-49(35)52)38(34)24-32-27-54-41-29-55(28-39(32)41)50(40)62-47/h9,11-13,25-28,30,36-37,40,42,45,48-50,53,56,58-60H,3-8,10,15,17-19,21,23-24,29,52H2,1-2H3/p+1/t30-,36-,37+,40-,42+,45+,48+,49-,50+/m1/s1. The minimum Gasteiger partial charge on any atom is -0.508 e. The van der Waals surface area contributed by atoms with Crippen molar-refractivity contribution in [2.75, 3.05) is 13.1 Å². The third-order valence-electron chi connectivity index (χ3n) is 14.7. The Morgan fingerprint density at radius 2 is 1.92 bits per heavy atom. The van der Waals surface area contributed by atoms with Crippen molar-refractivity contribution < 1.29 is 39.6 Å². The molecular formula is C51H61N4O7+. The second kappa shape index (κ2) is 17.8. The number of ketones is 1. The number of nitrogens with zero attached hydrogens (tertiary/aromatic N) is 1. The molecule has 8 N–H and O–H groups in total. The zero-order valence-electron chi connectivity index (χ0n) is 36.0. The van der Waals surface area contributed by atoms with Crippen LogP contribution in [0.4, 0.5) is 0 Å². The van der Waals surface area contributed by atoms with Gasteiger partial charge in [0.2, 0.25) is 0 Å². The lowest BCUT2D eigenvalue weighted by atomic mass is 9.73. The second-order valence-electron chi connectivity index (χ2n) is 18.7. The maximum atomic E-state index is 14.1. The van der Waals surface area contributed by atoms with E-state index in [0.29, 0.717) is 37.1 Å². The van der Waals surface area contributed by atoms with Gasteiger partial charge in [-0.3, -0.25) is 20.0 Å². The molecular weight excluding hydrogens is 781 g/mol. The number of unbranched alkanes of at least 4 members (excludes halogenated alkanes) is 2. The molecule has 10 atom stereocenters. The fourth-order valence-electron chi connectivity index (χ4n) is 11.1. The Kier molecular flexibility index (Phi) is 12.2. The van der Waals surface area contributed by atoms with Crippen LogP contribution in [0.25, 0.3) is 0 Å². The molecule has 0 saturated heterocycles. The van der Waals surface area contributed by atoms with Crippen molar-refractivity contribution in [2.45, 2.75) is 128 Å². The number of aryl methyl sites for hydroxylation is 1. The third-order valence-corrected chi connectivity index (χ3v) is 14.7. The van der Waals surface area contributed by atoms with Gasteiger partial charge in [0.15, 0.2) is 11.5 Å². The molecule has 11 heteroatoms. The smallest absolute Gasteiger partial charge is 0.252 e. The molecule has 2 aliphatic carbocycles. The average Bonchev–Trinajstić information content (AvgIpc) is 4.00. The highest BCUT2D eigenvalue weighted by Gasteiger charge is 2.51. The van der Waals surface area contributed by atoms with Gasteiger partial charge in [-0.15, -0.1) is 0 Å². The number of aliphatic hydroxyl groups is 3. The normalized spacial score (nSPS) is 29.8. The van der Waals surface area contributed by atoms with Crippen LogP contribution in [0.2, 0.25) is 0 Å². The van der Waals surface area contributed by atoms with Gasteiger partial charge in [0.1, 0.15) is 48.1 Å². The van der Waals surface area contributed by atoms with Crippen molar-refractivity contribution in [3.63, 3.8) is 0 Å². The number of phenols is 1. The number of nitrogens with two attached hydrogens (primary N) is 1. The highest BCUT2D eigenvalue weighted by atomic mass is 16.5. The predicted molar refractivity (Wildman–Crippen MR) is 236 cm³/mol. The number of rotatable bonds is 10. The Balaban J connectivity index is 1.06. The van der Waals surface area contributed by atoms with Crippen LogP contribution in [0.3, 0.4) is 0 Å². The number of carbonyl (C=O) groups is 1. The number of quaternary nitrogens is 1. The number of benzene rings is 2. The Hall–Kier alpha value is -4.72. The molecule has 2 bridgehead atoms. The quantitative estimate of drug-likeness (QED) is 0.101.